The summed E-state index contributed by atoms with van der Waals surface area (Å²) in [7, 11) is 0. The molecular weight excluding hydrogens is 288 g/mol. The summed E-state index contributed by atoms with van der Waals surface area (Å²) in [5, 5.41) is 1.82. The first-order chi connectivity index (χ1) is 10.1. The average molecular weight is 300 g/mol. The van der Waals surface area contributed by atoms with E-state index < -0.39 is 0 Å². The fraction of sp³-hybridized carbons (Fsp3) is 0.133. The van der Waals surface area contributed by atoms with E-state index in [1.54, 1.807) is 30.3 Å². The van der Waals surface area contributed by atoms with Crippen molar-refractivity contribution in [3.05, 3.63) is 57.5 Å². The molecule has 0 spiro atoms. The quantitative estimate of drug-likeness (QED) is 0.752. The molecule has 0 aliphatic heterocycles. The lowest BCUT2D eigenvalue weighted by Crippen LogP contribution is -2.12. The number of ketones is 1. The van der Waals surface area contributed by atoms with Crippen LogP contribution in [-0.2, 0) is 6.61 Å². The van der Waals surface area contributed by atoms with E-state index >= 15 is 0 Å². The van der Waals surface area contributed by atoms with E-state index in [9.17, 15) is 9.59 Å². The minimum absolute atomic E-state index is 0.0691. The molecule has 0 aliphatic rings. The van der Waals surface area contributed by atoms with Gasteiger partial charge in [-0.25, -0.2) is 4.98 Å². The Hall–Kier alpha value is -2.47. The van der Waals surface area contributed by atoms with Gasteiger partial charge in [0.05, 0.1) is 11.1 Å². The minimum atomic E-state index is -0.173. The molecule has 0 unspecified atom stereocenters. The van der Waals surface area contributed by atoms with Crippen LogP contribution in [-0.4, -0.2) is 15.8 Å². The lowest BCUT2D eigenvalue weighted by Gasteiger charge is -2.09. The van der Waals surface area contributed by atoms with Crippen LogP contribution in [0, 0.1) is 0 Å². The number of rotatable bonds is 4. The minimum Gasteiger partial charge on any atom is -0.485 e. The molecule has 3 rings (SSSR count). The van der Waals surface area contributed by atoms with Gasteiger partial charge in [-0.2, -0.15) is 0 Å². The summed E-state index contributed by atoms with van der Waals surface area (Å²) in [4.78, 5) is 30.4. The van der Waals surface area contributed by atoms with Gasteiger partial charge in [-0.3, -0.25) is 9.59 Å². The number of para-hydroxylation sites is 1. The first kappa shape index (κ1) is 13.5. The van der Waals surface area contributed by atoms with Crippen molar-refractivity contribution in [2.24, 2.45) is 0 Å². The van der Waals surface area contributed by atoms with E-state index in [-0.39, 0.29) is 17.9 Å². The fourth-order valence-corrected chi connectivity index (χ4v) is 2.74. The number of Topliss-reactive ketones (excluding diaryl/α,β-unsaturated/α-hetero) is 1. The summed E-state index contributed by atoms with van der Waals surface area (Å²) in [6.45, 7) is 1.59. The zero-order chi connectivity index (χ0) is 14.8. The van der Waals surface area contributed by atoms with Crippen LogP contribution < -0.4 is 10.3 Å². The van der Waals surface area contributed by atoms with Crippen LogP contribution in [0.2, 0.25) is 0 Å². The Balaban J connectivity index is 1.87. The molecule has 0 bridgehead atoms. The number of carbonyl (C=O) groups is 1. The largest absolute Gasteiger partial charge is 0.485 e. The standard InChI is InChI=1S/C15H12N2O3S/c1-9(18)10-4-2-3-5-12(10)20-8-13-16-11-6-7-21-14(11)15(19)17-13/h2-7H,8H2,1H3,(H,16,17,19). The molecule has 1 N–H and O–H groups in total. The third kappa shape index (κ3) is 2.71. The first-order valence-corrected chi connectivity index (χ1v) is 7.22. The summed E-state index contributed by atoms with van der Waals surface area (Å²) in [6, 6.07) is 8.79. The molecule has 6 heteroatoms. The van der Waals surface area contributed by atoms with Gasteiger partial charge < -0.3 is 9.72 Å². The Morgan fingerprint density at radius 1 is 1.33 bits per heavy atom. The van der Waals surface area contributed by atoms with E-state index in [1.807, 2.05) is 5.38 Å². The molecule has 0 saturated heterocycles. The summed E-state index contributed by atoms with van der Waals surface area (Å²) >= 11 is 1.35. The number of nitrogens with zero attached hydrogens (tertiary/aromatic N) is 1. The molecule has 1 aromatic carbocycles. The fourth-order valence-electron chi connectivity index (χ4n) is 2.02. The molecule has 0 aliphatic carbocycles. The maximum absolute atomic E-state index is 11.9. The molecule has 0 amide bonds. The van der Waals surface area contributed by atoms with E-state index in [1.165, 1.54) is 18.3 Å². The number of ether oxygens (including phenoxy) is 1. The monoisotopic (exact) mass is 300 g/mol. The molecule has 2 heterocycles. The van der Waals surface area contributed by atoms with Gasteiger partial charge in [0.25, 0.3) is 5.56 Å². The lowest BCUT2D eigenvalue weighted by atomic mass is 10.1. The molecule has 0 fully saturated rings. The van der Waals surface area contributed by atoms with Crippen molar-refractivity contribution in [2.75, 3.05) is 0 Å². The number of carbonyl (C=O) groups excluding carboxylic acids is 1. The van der Waals surface area contributed by atoms with E-state index in [2.05, 4.69) is 9.97 Å². The number of aromatic nitrogens is 2. The molecule has 0 radical (unpaired) electrons. The first-order valence-electron chi connectivity index (χ1n) is 6.34. The van der Waals surface area contributed by atoms with Crippen molar-refractivity contribution in [1.82, 2.24) is 9.97 Å². The van der Waals surface area contributed by atoms with E-state index in [0.29, 0.717) is 27.4 Å². The Bertz CT molecular complexity index is 866. The molecule has 0 saturated carbocycles. The van der Waals surface area contributed by atoms with E-state index in [4.69, 9.17) is 4.74 Å². The van der Waals surface area contributed by atoms with Crippen LogP contribution in [0.25, 0.3) is 10.2 Å². The van der Waals surface area contributed by atoms with Gasteiger partial charge in [-0.1, -0.05) is 12.1 Å². The maximum atomic E-state index is 11.9. The zero-order valence-electron chi connectivity index (χ0n) is 11.3. The Labute approximate surface area is 124 Å². The highest BCUT2D eigenvalue weighted by atomic mass is 32.1. The Morgan fingerprint density at radius 2 is 2.14 bits per heavy atom. The second-order valence-corrected chi connectivity index (χ2v) is 5.40. The summed E-state index contributed by atoms with van der Waals surface area (Å²) in [6.07, 6.45) is 0. The van der Waals surface area contributed by atoms with Crippen molar-refractivity contribution in [1.29, 1.82) is 0 Å². The lowest BCUT2D eigenvalue weighted by molar-refractivity contribution is 0.101. The van der Waals surface area contributed by atoms with Crippen LogP contribution >= 0.6 is 11.3 Å². The highest BCUT2D eigenvalue weighted by Gasteiger charge is 2.09. The smallest absolute Gasteiger partial charge is 0.268 e. The van der Waals surface area contributed by atoms with Crippen LogP contribution in [0.1, 0.15) is 23.1 Å². The van der Waals surface area contributed by atoms with Crippen LogP contribution in [0.5, 0.6) is 5.75 Å². The molecule has 21 heavy (non-hydrogen) atoms. The summed E-state index contributed by atoms with van der Waals surface area (Å²) in [5.41, 5.74) is 0.993. The van der Waals surface area contributed by atoms with Gasteiger partial charge in [0, 0.05) is 0 Å². The molecule has 2 aromatic heterocycles. The molecule has 0 atom stereocenters. The van der Waals surface area contributed by atoms with Crippen molar-refractivity contribution in [2.45, 2.75) is 13.5 Å². The van der Waals surface area contributed by atoms with Gasteiger partial charge in [0.2, 0.25) is 0 Å². The topological polar surface area (TPSA) is 72.0 Å². The number of benzene rings is 1. The second kappa shape index (κ2) is 5.49. The van der Waals surface area contributed by atoms with Crippen LogP contribution in [0.3, 0.4) is 0 Å². The third-order valence-corrected chi connectivity index (χ3v) is 3.90. The maximum Gasteiger partial charge on any atom is 0.268 e. The summed E-state index contributed by atoms with van der Waals surface area (Å²) in [5.74, 6) is 0.850. The number of aromatic amines is 1. The number of hydrogen-bond acceptors (Lipinski definition) is 5. The van der Waals surface area contributed by atoms with Crippen molar-refractivity contribution >= 4 is 27.3 Å². The average Bonchev–Trinajstić information content (AvgIpc) is 2.94. The van der Waals surface area contributed by atoms with Gasteiger partial charge in [0.1, 0.15) is 22.9 Å². The molecule has 5 nitrogen and oxygen atoms in total. The predicted molar refractivity (Wildman–Crippen MR) is 81.0 cm³/mol. The Morgan fingerprint density at radius 3 is 2.95 bits per heavy atom. The number of fused-ring (bicyclic) bond motifs is 1. The number of hydrogen-bond donors (Lipinski definition) is 1. The number of thiophene rings is 1. The normalized spacial score (nSPS) is 10.7. The summed E-state index contributed by atoms with van der Waals surface area (Å²) < 4.78 is 6.21. The van der Waals surface area contributed by atoms with Crippen molar-refractivity contribution in [3.63, 3.8) is 0 Å². The van der Waals surface area contributed by atoms with Gasteiger partial charge in [-0.15, -0.1) is 11.3 Å². The third-order valence-electron chi connectivity index (χ3n) is 2.99. The Kier molecular flexibility index (Phi) is 3.53. The van der Waals surface area contributed by atoms with Gasteiger partial charge >= 0.3 is 0 Å². The van der Waals surface area contributed by atoms with Crippen LogP contribution in [0.4, 0.5) is 0 Å². The van der Waals surface area contributed by atoms with Gasteiger partial charge in [0.15, 0.2) is 5.78 Å². The number of H-pyrrole nitrogens is 1. The van der Waals surface area contributed by atoms with E-state index in [0.717, 1.165) is 0 Å². The van der Waals surface area contributed by atoms with Crippen molar-refractivity contribution in [3.8, 4) is 5.75 Å². The number of nitrogens with one attached hydrogen (secondary N) is 1. The molecule has 3 aromatic rings. The zero-order valence-corrected chi connectivity index (χ0v) is 12.1. The molecule has 106 valence electrons. The highest BCUT2D eigenvalue weighted by Crippen LogP contribution is 2.19. The highest BCUT2D eigenvalue weighted by molar-refractivity contribution is 7.17. The SMILES string of the molecule is CC(=O)c1ccccc1OCc1nc2ccsc2c(=O)[nH]1. The van der Waals surface area contributed by atoms with Crippen molar-refractivity contribution < 1.29 is 9.53 Å². The molecular formula is C15H12N2O3S. The van der Waals surface area contributed by atoms with Crippen LogP contribution in [0.15, 0.2) is 40.5 Å². The second-order valence-electron chi connectivity index (χ2n) is 4.49. The van der Waals surface area contributed by atoms with Gasteiger partial charge in [-0.05, 0) is 30.5 Å². The predicted octanol–water partition coefficient (Wildman–Crippen LogP) is 2.77.